The Hall–Kier alpha value is -3.56. The van der Waals surface area contributed by atoms with Crippen LogP contribution in [0.1, 0.15) is 52.9 Å². The van der Waals surface area contributed by atoms with Gasteiger partial charge in [0.2, 0.25) is 5.91 Å². The summed E-state index contributed by atoms with van der Waals surface area (Å²) in [4.78, 5) is 28.2. The lowest BCUT2D eigenvalue weighted by atomic mass is 10.1. The summed E-state index contributed by atoms with van der Waals surface area (Å²) < 4.78 is 15.6. The molecule has 0 unspecified atom stereocenters. The molecule has 0 aliphatic heterocycles. The van der Waals surface area contributed by atoms with Gasteiger partial charge in [-0.25, -0.2) is 9.07 Å². The molecule has 1 N–H and O–H groups in total. The van der Waals surface area contributed by atoms with E-state index in [1.807, 2.05) is 26.0 Å². The summed E-state index contributed by atoms with van der Waals surface area (Å²) in [6, 6.07) is 7.17. The van der Waals surface area contributed by atoms with Crippen molar-refractivity contribution in [2.75, 3.05) is 5.32 Å². The molecule has 0 aromatic carbocycles. The fourth-order valence-electron chi connectivity index (χ4n) is 3.22. The maximum Gasteiger partial charge on any atom is 0.231 e. The van der Waals surface area contributed by atoms with Crippen molar-refractivity contribution in [2.45, 2.75) is 59.2 Å². The Morgan fingerprint density at radius 1 is 1.12 bits per heavy atom. The lowest BCUT2D eigenvalue weighted by molar-refractivity contribution is -0.115. The molecule has 0 aliphatic carbocycles. The van der Waals surface area contributed by atoms with E-state index in [9.17, 15) is 14.0 Å². The number of Topliss-reactive ketones (excluding diaryl/α,β-unsaturated/α-hetero) is 1. The first-order valence-electron chi connectivity index (χ1n) is 10.5. The van der Waals surface area contributed by atoms with Gasteiger partial charge in [0.1, 0.15) is 11.9 Å². The molecule has 0 aliphatic rings. The first-order valence-corrected chi connectivity index (χ1v) is 10.5. The average Bonchev–Trinajstić information content (AvgIpc) is 3.20. The molecule has 168 valence electrons. The number of aryl methyl sites for hydroxylation is 3. The first-order chi connectivity index (χ1) is 15.3. The Morgan fingerprint density at radius 3 is 2.62 bits per heavy atom. The molecule has 0 spiro atoms. The molecular formula is C22H26FN7O2. The zero-order valence-electron chi connectivity index (χ0n) is 18.4. The van der Waals surface area contributed by atoms with E-state index in [2.05, 4.69) is 30.8 Å². The molecule has 10 heteroatoms. The van der Waals surface area contributed by atoms with Crippen LogP contribution in [0, 0.1) is 13.8 Å². The summed E-state index contributed by atoms with van der Waals surface area (Å²) in [5, 5.41) is 18.3. The Bertz CT molecular complexity index is 1060. The van der Waals surface area contributed by atoms with Gasteiger partial charge in [-0.3, -0.25) is 14.6 Å². The highest BCUT2D eigenvalue weighted by molar-refractivity contribution is 5.93. The largest absolute Gasteiger partial charge is 0.309 e. The van der Waals surface area contributed by atoms with Crippen LogP contribution in [0.2, 0.25) is 0 Å². The number of carbonyl (C=O) groups excluding carboxylic acids is 2. The number of hydrogen-bond acceptors (Lipinski definition) is 7. The lowest BCUT2D eigenvalue weighted by Gasteiger charge is -2.08. The van der Waals surface area contributed by atoms with E-state index in [0.717, 1.165) is 11.3 Å². The van der Waals surface area contributed by atoms with Crippen molar-refractivity contribution in [1.29, 1.82) is 0 Å². The molecule has 3 aromatic rings. The van der Waals surface area contributed by atoms with E-state index in [1.165, 1.54) is 10.9 Å². The van der Waals surface area contributed by atoms with Crippen LogP contribution in [0.3, 0.4) is 0 Å². The maximum atomic E-state index is 14.3. The molecule has 0 radical (unpaired) electrons. The number of nitrogens with one attached hydrogen (secondary N) is 1. The van der Waals surface area contributed by atoms with Crippen molar-refractivity contribution >= 4 is 17.5 Å². The minimum absolute atomic E-state index is 0.0119. The summed E-state index contributed by atoms with van der Waals surface area (Å²) in [5.74, 6) is -0.0304. The van der Waals surface area contributed by atoms with Gasteiger partial charge in [0.05, 0.1) is 30.6 Å². The second kappa shape index (κ2) is 10.7. The van der Waals surface area contributed by atoms with Crippen molar-refractivity contribution in [3.8, 4) is 0 Å². The van der Waals surface area contributed by atoms with Crippen molar-refractivity contribution < 1.29 is 14.0 Å². The number of ketones is 1. The second-order valence-corrected chi connectivity index (χ2v) is 7.65. The number of pyridine rings is 1. The molecular weight excluding hydrogens is 413 g/mol. The van der Waals surface area contributed by atoms with Crippen LogP contribution < -0.4 is 5.32 Å². The van der Waals surface area contributed by atoms with Gasteiger partial charge >= 0.3 is 0 Å². The zero-order valence-corrected chi connectivity index (χ0v) is 18.4. The average molecular weight is 439 g/mol. The predicted molar refractivity (Wildman–Crippen MR) is 116 cm³/mol. The molecule has 0 saturated heterocycles. The van der Waals surface area contributed by atoms with Gasteiger partial charge in [-0.1, -0.05) is 12.1 Å². The number of amides is 1. The summed E-state index contributed by atoms with van der Waals surface area (Å²) in [6.45, 7) is 5.59. The number of alkyl halides is 1. The highest BCUT2D eigenvalue weighted by Crippen LogP contribution is 2.11. The van der Waals surface area contributed by atoms with Gasteiger partial charge in [0.15, 0.2) is 11.6 Å². The van der Waals surface area contributed by atoms with E-state index in [4.69, 9.17) is 0 Å². The molecule has 32 heavy (non-hydrogen) atoms. The fourth-order valence-corrected chi connectivity index (χ4v) is 3.22. The van der Waals surface area contributed by atoms with E-state index >= 15 is 0 Å². The van der Waals surface area contributed by atoms with E-state index in [1.54, 1.807) is 19.1 Å². The molecule has 1 amide bonds. The smallest absolute Gasteiger partial charge is 0.231 e. The summed E-state index contributed by atoms with van der Waals surface area (Å²) in [6.07, 6.45) is 1.36. The number of anilines is 1. The van der Waals surface area contributed by atoms with E-state index < -0.39 is 6.17 Å². The van der Waals surface area contributed by atoms with Gasteiger partial charge in [-0.15, -0.1) is 10.2 Å². The Labute approximate surface area is 185 Å². The number of rotatable bonds is 10. The van der Waals surface area contributed by atoms with Crippen LogP contribution in [0.4, 0.5) is 10.2 Å². The Morgan fingerprint density at radius 2 is 1.94 bits per heavy atom. The number of hydrogen-bond donors (Lipinski definition) is 1. The minimum atomic E-state index is -1.17. The van der Waals surface area contributed by atoms with Crippen LogP contribution in [0.25, 0.3) is 0 Å². The quantitative estimate of drug-likeness (QED) is 0.483. The van der Waals surface area contributed by atoms with Crippen molar-refractivity contribution in [1.82, 2.24) is 30.2 Å². The maximum absolute atomic E-state index is 14.3. The van der Waals surface area contributed by atoms with Gasteiger partial charge < -0.3 is 5.32 Å². The molecule has 9 nitrogen and oxygen atoms in total. The predicted octanol–water partition coefficient (Wildman–Crippen LogP) is 2.82. The number of halogens is 1. The molecule has 3 heterocycles. The number of nitrogens with zero attached hydrogens (tertiary/aromatic N) is 6. The minimum Gasteiger partial charge on any atom is -0.309 e. The highest BCUT2D eigenvalue weighted by atomic mass is 19.1. The highest BCUT2D eigenvalue weighted by Gasteiger charge is 2.13. The second-order valence-electron chi connectivity index (χ2n) is 7.65. The first kappa shape index (κ1) is 23.1. The van der Waals surface area contributed by atoms with Gasteiger partial charge in [0, 0.05) is 12.1 Å². The fraction of sp³-hybridized carbons (Fsp3) is 0.409. The van der Waals surface area contributed by atoms with Gasteiger partial charge in [0.25, 0.3) is 0 Å². The van der Waals surface area contributed by atoms with Crippen LogP contribution in [0.5, 0.6) is 0 Å². The van der Waals surface area contributed by atoms with Gasteiger partial charge in [-0.2, -0.15) is 5.10 Å². The zero-order chi connectivity index (χ0) is 23.1. The molecule has 1 atom stereocenters. The van der Waals surface area contributed by atoms with Crippen molar-refractivity contribution in [2.24, 2.45) is 0 Å². The number of carbonyl (C=O) groups is 2. The standard InChI is InChI=1S/C22H26FN7O2/c1-4-20(31)19-13-30(29-27-19)12-16(23)5-6-17-7-8-21(28-26-17)25-22(32)11-18-10-14(2)9-15(3)24-18/h7-10,13,16H,4-6,11-12H2,1-3H3,(H,25,28,32)/t16-/m1/s1. The van der Waals surface area contributed by atoms with E-state index in [0.29, 0.717) is 30.0 Å². The molecule has 0 bridgehead atoms. The van der Waals surface area contributed by atoms with Crippen LogP contribution in [0.15, 0.2) is 30.5 Å². The number of aromatic nitrogens is 6. The SMILES string of the molecule is CCC(=O)c1cn(C[C@H](F)CCc2ccc(NC(=O)Cc3cc(C)cc(C)n3)nn2)nn1. The van der Waals surface area contributed by atoms with Crippen LogP contribution in [-0.2, 0) is 24.2 Å². The summed E-state index contributed by atoms with van der Waals surface area (Å²) in [7, 11) is 0. The topological polar surface area (TPSA) is 116 Å². The lowest BCUT2D eigenvalue weighted by Crippen LogP contribution is -2.17. The normalized spacial score (nSPS) is 11.9. The Kier molecular flexibility index (Phi) is 7.69. The third kappa shape index (κ3) is 6.73. The van der Waals surface area contributed by atoms with Gasteiger partial charge in [-0.05, 0) is 56.5 Å². The van der Waals surface area contributed by atoms with E-state index in [-0.39, 0.29) is 36.8 Å². The van der Waals surface area contributed by atoms with Crippen molar-refractivity contribution in [3.05, 3.63) is 58.8 Å². The third-order valence-electron chi connectivity index (χ3n) is 4.72. The molecule has 0 saturated carbocycles. The molecule has 3 rings (SSSR count). The summed E-state index contributed by atoms with van der Waals surface area (Å²) >= 11 is 0. The Balaban J connectivity index is 1.46. The third-order valence-corrected chi connectivity index (χ3v) is 4.72. The van der Waals surface area contributed by atoms with Crippen LogP contribution >= 0.6 is 0 Å². The molecule has 3 aromatic heterocycles. The molecule has 0 fully saturated rings. The van der Waals surface area contributed by atoms with Crippen molar-refractivity contribution in [3.63, 3.8) is 0 Å². The monoisotopic (exact) mass is 439 g/mol. The van der Waals surface area contributed by atoms with Crippen LogP contribution in [-0.4, -0.2) is 48.0 Å². The summed E-state index contributed by atoms with van der Waals surface area (Å²) in [5.41, 5.74) is 3.46.